The molecule has 1 rings (SSSR count). The minimum Gasteiger partial charge on any atom is -0.0893 e. The fourth-order valence-corrected chi connectivity index (χ4v) is 3.40. The van der Waals surface area contributed by atoms with Crippen molar-refractivity contribution in [3.8, 4) is 0 Å². The second-order valence-corrected chi connectivity index (χ2v) is 8.87. The molecule has 0 radical (unpaired) electrons. The molecular weight excluding hydrogens is 136 g/mol. The van der Waals surface area contributed by atoms with E-state index in [1.165, 1.54) is 0 Å². The Kier molecular flexibility index (Phi) is 1.28. The van der Waals surface area contributed by atoms with Gasteiger partial charge in [-0.3, -0.25) is 0 Å². The topological polar surface area (TPSA) is 0 Å². The molecule has 8 heavy (non-hydrogen) atoms. The van der Waals surface area contributed by atoms with Crippen LogP contribution >= 0.6 is 11.6 Å². The van der Waals surface area contributed by atoms with E-state index >= 15 is 0 Å². The maximum Gasteiger partial charge on any atom is 0.0744 e. The van der Waals surface area contributed by atoms with E-state index in [-0.39, 0.29) is 0 Å². The standard InChI is InChI=1S/C6H11ClSi/c1-8(2,3)6-4-5(6)7/h4H2,1-3H3. The van der Waals surface area contributed by atoms with E-state index in [0.717, 1.165) is 11.5 Å². The third kappa shape index (κ3) is 1.15. The Morgan fingerprint density at radius 2 is 1.75 bits per heavy atom. The summed E-state index contributed by atoms with van der Waals surface area (Å²) in [6, 6.07) is 0. The van der Waals surface area contributed by atoms with Gasteiger partial charge in [-0.15, -0.1) is 0 Å². The number of halogens is 1. The lowest BCUT2D eigenvalue weighted by atomic mass is 10.9. The molecule has 1 aliphatic rings. The maximum atomic E-state index is 5.75. The van der Waals surface area contributed by atoms with Crippen molar-refractivity contribution in [3.05, 3.63) is 10.2 Å². The van der Waals surface area contributed by atoms with Gasteiger partial charge < -0.3 is 0 Å². The first-order chi connectivity index (χ1) is 3.52. The Morgan fingerprint density at radius 3 is 1.75 bits per heavy atom. The number of rotatable bonds is 1. The van der Waals surface area contributed by atoms with Crippen molar-refractivity contribution in [2.75, 3.05) is 0 Å². The van der Waals surface area contributed by atoms with E-state index in [0.29, 0.717) is 0 Å². The zero-order valence-electron chi connectivity index (χ0n) is 5.59. The Bertz CT molecular complexity index is 141. The second kappa shape index (κ2) is 1.61. The lowest BCUT2D eigenvalue weighted by Gasteiger charge is -2.08. The van der Waals surface area contributed by atoms with Crippen molar-refractivity contribution in [1.29, 1.82) is 0 Å². The van der Waals surface area contributed by atoms with Gasteiger partial charge in [-0.1, -0.05) is 36.4 Å². The molecule has 0 N–H and O–H groups in total. The first-order valence-electron chi connectivity index (χ1n) is 2.90. The summed E-state index contributed by atoms with van der Waals surface area (Å²) >= 11 is 5.75. The van der Waals surface area contributed by atoms with Crippen molar-refractivity contribution < 1.29 is 0 Å². The van der Waals surface area contributed by atoms with Crippen LogP contribution in [0.2, 0.25) is 19.6 Å². The molecule has 1 aliphatic carbocycles. The lowest BCUT2D eigenvalue weighted by molar-refractivity contribution is 1.57. The lowest BCUT2D eigenvalue weighted by Crippen LogP contribution is -2.17. The highest BCUT2D eigenvalue weighted by molar-refractivity contribution is 6.85. The van der Waals surface area contributed by atoms with Crippen LogP contribution in [0.15, 0.2) is 10.2 Å². The predicted molar refractivity (Wildman–Crippen MR) is 40.8 cm³/mol. The molecule has 2 heteroatoms. The van der Waals surface area contributed by atoms with Crippen LogP contribution in [0.3, 0.4) is 0 Å². The highest BCUT2D eigenvalue weighted by Crippen LogP contribution is 2.40. The normalized spacial score (nSPS) is 19.5. The van der Waals surface area contributed by atoms with Crippen LogP contribution in [0.5, 0.6) is 0 Å². The fraction of sp³-hybridized carbons (Fsp3) is 0.667. The van der Waals surface area contributed by atoms with Crippen LogP contribution < -0.4 is 0 Å². The Morgan fingerprint density at radius 1 is 1.38 bits per heavy atom. The summed E-state index contributed by atoms with van der Waals surface area (Å²) in [5.74, 6) is 0. The summed E-state index contributed by atoms with van der Waals surface area (Å²) in [4.78, 5) is 0. The van der Waals surface area contributed by atoms with Crippen LogP contribution in [0.4, 0.5) is 0 Å². The zero-order chi connectivity index (χ0) is 6.36. The monoisotopic (exact) mass is 146 g/mol. The van der Waals surface area contributed by atoms with Crippen molar-refractivity contribution >= 4 is 19.7 Å². The quantitative estimate of drug-likeness (QED) is 0.499. The van der Waals surface area contributed by atoms with E-state index in [1.807, 2.05) is 0 Å². The van der Waals surface area contributed by atoms with Crippen LogP contribution in [-0.4, -0.2) is 8.07 Å². The van der Waals surface area contributed by atoms with E-state index in [4.69, 9.17) is 11.6 Å². The highest BCUT2D eigenvalue weighted by Gasteiger charge is 2.31. The summed E-state index contributed by atoms with van der Waals surface area (Å²) < 4.78 is 0. The molecular formula is C6H11ClSi. The second-order valence-electron chi connectivity index (χ2n) is 3.31. The third-order valence-corrected chi connectivity index (χ3v) is 4.25. The van der Waals surface area contributed by atoms with Gasteiger partial charge in [0.25, 0.3) is 0 Å². The van der Waals surface area contributed by atoms with Crippen LogP contribution in [0.1, 0.15) is 6.42 Å². The summed E-state index contributed by atoms with van der Waals surface area (Å²) in [6.45, 7) is 6.99. The van der Waals surface area contributed by atoms with Gasteiger partial charge >= 0.3 is 0 Å². The van der Waals surface area contributed by atoms with Gasteiger partial charge in [0.05, 0.1) is 8.07 Å². The highest BCUT2D eigenvalue weighted by atomic mass is 35.5. The molecule has 0 fully saturated rings. The van der Waals surface area contributed by atoms with E-state index in [2.05, 4.69) is 19.6 Å². The maximum absolute atomic E-state index is 5.75. The van der Waals surface area contributed by atoms with Crippen molar-refractivity contribution in [2.24, 2.45) is 0 Å². The minimum atomic E-state index is -0.939. The van der Waals surface area contributed by atoms with Crippen molar-refractivity contribution in [3.63, 3.8) is 0 Å². The van der Waals surface area contributed by atoms with Gasteiger partial charge in [0.2, 0.25) is 0 Å². The van der Waals surface area contributed by atoms with Crippen LogP contribution in [-0.2, 0) is 0 Å². The molecule has 0 aromatic rings. The molecule has 0 aliphatic heterocycles. The van der Waals surface area contributed by atoms with Gasteiger partial charge in [0, 0.05) is 11.5 Å². The average molecular weight is 147 g/mol. The Hall–Kier alpha value is 0.247. The van der Waals surface area contributed by atoms with E-state index < -0.39 is 8.07 Å². The summed E-state index contributed by atoms with van der Waals surface area (Å²) in [7, 11) is -0.939. The van der Waals surface area contributed by atoms with Crippen LogP contribution in [0.25, 0.3) is 0 Å². The summed E-state index contributed by atoms with van der Waals surface area (Å²) in [5, 5.41) is 2.71. The number of hydrogen-bond donors (Lipinski definition) is 0. The van der Waals surface area contributed by atoms with Gasteiger partial charge in [0.15, 0.2) is 0 Å². The molecule has 0 bridgehead atoms. The fourth-order valence-electron chi connectivity index (χ4n) is 0.783. The molecule has 0 saturated heterocycles. The molecule has 0 saturated carbocycles. The van der Waals surface area contributed by atoms with Gasteiger partial charge in [-0.25, -0.2) is 0 Å². The van der Waals surface area contributed by atoms with Crippen LogP contribution in [0, 0.1) is 0 Å². The molecule has 0 spiro atoms. The third-order valence-electron chi connectivity index (χ3n) is 1.44. The van der Waals surface area contributed by atoms with Gasteiger partial charge in [-0.05, 0) is 0 Å². The molecule has 0 heterocycles. The minimum absolute atomic E-state index is 0.939. The SMILES string of the molecule is C[Si](C)(C)C1=C(Cl)C1. The van der Waals surface area contributed by atoms with Crippen molar-refractivity contribution in [1.82, 2.24) is 0 Å². The molecule has 0 aromatic heterocycles. The number of allylic oxidation sites excluding steroid dienone is 2. The van der Waals surface area contributed by atoms with E-state index in [9.17, 15) is 0 Å². The Labute approximate surface area is 56.6 Å². The molecule has 0 aromatic carbocycles. The molecule has 0 amide bonds. The Balaban J connectivity index is 2.63. The molecule has 0 unspecified atom stereocenters. The largest absolute Gasteiger partial charge is 0.0893 e. The zero-order valence-corrected chi connectivity index (χ0v) is 7.34. The molecule has 0 nitrogen and oxygen atoms in total. The molecule has 0 atom stereocenters. The molecule has 46 valence electrons. The van der Waals surface area contributed by atoms with Crippen molar-refractivity contribution in [2.45, 2.75) is 26.1 Å². The predicted octanol–water partition coefficient (Wildman–Crippen LogP) is 2.76. The number of hydrogen-bond acceptors (Lipinski definition) is 0. The summed E-state index contributed by atoms with van der Waals surface area (Å²) in [5.41, 5.74) is 0. The van der Waals surface area contributed by atoms with E-state index in [1.54, 1.807) is 5.20 Å². The first kappa shape index (κ1) is 6.37. The van der Waals surface area contributed by atoms with Gasteiger partial charge in [-0.2, -0.15) is 0 Å². The average Bonchev–Trinajstić information content (AvgIpc) is 2.13. The van der Waals surface area contributed by atoms with Gasteiger partial charge in [0.1, 0.15) is 0 Å². The first-order valence-corrected chi connectivity index (χ1v) is 6.77. The summed E-state index contributed by atoms with van der Waals surface area (Å²) in [6.07, 6.45) is 1.12. The smallest absolute Gasteiger partial charge is 0.0744 e.